The number of para-hydroxylation sites is 1. The van der Waals surface area contributed by atoms with Gasteiger partial charge in [-0.25, -0.2) is 4.98 Å². The summed E-state index contributed by atoms with van der Waals surface area (Å²) in [5.41, 5.74) is 1.68. The number of aromatic nitrogens is 2. The van der Waals surface area contributed by atoms with E-state index in [4.69, 9.17) is 14.1 Å². The number of rotatable bonds is 7. The molecule has 2 aromatic heterocycles. The molecule has 0 radical (unpaired) electrons. The predicted octanol–water partition coefficient (Wildman–Crippen LogP) is 8.47. The van der Waals surface area contributed by atoms with Gasteiger partial charge in [0, 0.05) is 42.1 Å². The van der Waals surface area contributed by atoms with Crippen molar-refractivity contribution in [2.24, 2.45) is 5.10 Å². The SMILES string of the molecule is O=c1c2ccccc2nc(-c2cc3cc(Br)ccc3o2)n1N=Cc1cc([N+](=O)[O-])ccc1OCc1ccc(Br)cc1Br. The van der Waals surface area contributed by atoms with Crippen molar-refractivity contribution in [2.75, 3.05) is 0 Å². The minimum Gasteiger partial charge on any atom is -0.488 e. The van der Waals surface area contributed by atoms with Gasteiger partial charge in [0.1, 0.15) is 17.9 Å². The zero-order valence-electron chi connectivity index (χ0n) is 21.3. The number of nitro groups is 1. The van der Waals surface area contributed by atoms with Crippen molar-refractivity contribution in [3.63, 3.8) is 0 Å². The first kappa shape index (κ1) is 28.0. The molecule has 0 saturated heterocycles. The van der Waals surface area contributed by atoms with Crippen LogP contribution in [0.2, 0.25) is 0 Å². The number of hydrogen-bond acceptors (Lipinski definition) is 7. The fourth-order valence-electron chi connectivity index (χ4n) is 4.31. The van der Waals surface area contributed by atoms with Gasteiger partial charge in [-0.2, -0.15) is 9.78 Å². The third-order valence-electron chi connectivity index (χ3n) is 6.37. The van der Waals surface area contributed by atoms with E-state index >= 15 is 0 Å². The Balaban J connectivity index is 1.46. The number of halogens is 3. The summed E-state index contributed by atoms with van der Waals surface area (Å²) in [7, 11) is 0. The molecule has 4 aromatic carbocycles. The normalized spacial score (nSPS) is 11.5. The van der Waals surface area contributed by atoms with Crippen LogP contribution in [0.15, 0.2) is 113 Å². The van der Waals surface area contributed by atoms with Crippen LogP contribution in [0.4, 0.5) is 5.69 Å². The highest BCUT2D eigenvalue weighted by atomic mass is 79.9. The zero-order valence-corrected chi connectivity index (χ0v) is 26.1. The fourth-order valence-corrected chi connectivity index (χ4v) is 5.85. The Bertz CT molecular complexity index is 2110. The van der Waals surface area contributed by atoms with Crippen LogP contribution in [-0.4, -0.2) is 20.8 Å². The van der Waals surface area contributed by atoms with E-state index < -0.39 is 10.5 Å². The van der Waals surface area contributed by atoms with E-state index in [2.05, 4.69) is 52.9 Å². The molecule has 9 nitrogen and oxygen atoms in total. The summed E-state index contributed by atoms with van der Waals surface area (Å²) < 4.78 is 15.8. The largest absolute Gasteiger partial charge is 0.488 e. The van der Waals surface area contributed by atoms with Gasteiger partial charge in [0.05, 0.1) is 22.0 Å². The molecule has 6 rings (SSSR count). The Morgan fingerprint density at radius 3 is 2.57 bits per heavy atom. The van der Waals surface area contributed by atoms with Gasteiger partial charge in [0.2, 0.25) is 5.82 Å². The van der Waals surface area contributed by atoms with Gasteiger partial charge in [-0.05, 0) is 54.6 Å². The van der Waals surface area contributed by atoms with Crippen LogP contribution < -0.4 is 10.3 Å². The average molecular weight is 753 g/mol. The Morgan fingerprint density at radius 1 is 0.976 bits per heavy atom. The lowest BCUT2D eigenvalue weighted by Gasteiger charge is -2.11. The molecule has 0 aliphatic carbocycles. The van der Waals surface area contributed by atoms with Crippen LogP contribution in [0.1, 0.15) is 11.1 Å². The minimum absolute atomic E-state index is 0.152. The first-order chi connectivity index (χ1) is 20.3. The summed E-state index contributed by atoms with van der Waals surface area (Å²) in [5, 5.41) is 17.2. The molecule has 0 bridgehead atoms. The third kappa shape index (κ3) is 5.65. The molecule has 0 amide bonds. The summed E-state index contributed by atoms with van der Waals surface area (Å²) in [6.07, 6.45) is 1.35. The number of nitro benzene ring substituents is 1. The molecule has 42 heavy (non-hydrogen) atoms. The van der Waals surface area contributed by atoms with Gasteiger partial charge >= 0.3 is 0 Å². The Morgan fingerprint density at radius 2 is 1.76 bits per heavy atom. The average Bonchev–Trinajstić information content (AvgIpc) is 3.39. The third-order valence-corrected chi connectivity index (χ3v) is 8.09. The number of fused-ring (bicyclic) bond motifs is 2. The number of non-ortho nitro benzene ring substituents is 1. The molecule has 0 N–H and O–H groups in total. The van der Waals surface area contributed by atoms with E-state index in [0.29, 0.717) is 33.6 Å². The number of benzene rings is 4. The molecule has 208 valence electrons. The highest BCUT2D eigenvalue weighted by Gasteiger charge is 2.18. The molecule has 0 unspecified atom stereocenters. The molecule has 0 spiro atoms. The Kier molecular flexibility index (Phi) is 7.76. The summed E-state index contributed by atoms with van der Waals surface area (Å²) in [6.45, 7) is 0.184. The number of furan rings is 1. The number of ether oxygens (including phenoxy) is 1. The molecular weight excluding hydrogens is 736 g/mol. The van der Waals surface area contributed by atoms with Gasteiger partial charge in [-0.1, -0.05) is 66.0 Å². The maximum absolute atomic E-state index is 13.7. The minimum atomic E-state index is -0.506. The maximum atomic E-state index is 13.7. The quantitative estimate of drug-likeness (QED) is 0.0919. The summed E-state index contributed by atoms with van der Waals surface area (Å²) in [4.78, 5) is 29.4. The maximum Gasteiger partial charge on any atom is 0.282 e. The van der Waals surface area contributed by atoms with Gasteiger partial charge in [-0.3, -0.25) is 14.9 Å². The van der Waals surface area contributed by atoms with Crippen molar-refractivity contribution >= 4 is 81.6 Å². The van der Waals surface area contributed by atoms with Crippen molar-refractivity contribution in [2.45, 2.75) is 6.61 Å². The van der Waals surface area contributed by atoms with Gasteiger partial charge in [0.15, 0.2) is 5.76 Å². The van der Waals surface area contributed by atoms with Crippen LogP contribution in [0, 0.1) is 10.1 Å². The molecule has 0 saturated carbocycles. The van der Waals surface area contributed by atoms with E-state index in [1.165, 1.54) is 24.4 Å². The number of nitrogens with zero attached hydrogens (tertiary/aromatic N) is 4. The van der Waals surface area contributed by atoms with Crippen molar-refractivity contribution in [1.82, 2.24) is 9.66 Å². The monoisotopic (exact) mass is 750 g/mol. The topological polar surface area (TPSA) is 113 Å². The molecular formula is C30H17Br3N4O5. The van der Waals surface area contributed by atoms with E-state index in [-0.39, 0.29) is 18.1 Å². The van der Waals surface area contributed by atoms with Gasteiger partial charge in [-0.15, -0.1) is 0 Å². The predicted molar refractivity (Wildman–Crippen MR) is 171 cm³/mol. The highest BCUT2D eigenvalue weighted by molar-refractivity contribution is 9.11. The Hall–Kier alpha value is -4.13. The van der Waals surface area contributed by atoms with Crippen molar-refractivity contribution in [3.05, 3.63) is 130 Å². The van der Waals surface area contributed by atoms with Crippen molar-refractivity contribution in [3.8, 4) is 17.3 Å². The molecule has 2 heterocycles. The first-order valence-corrected chi connectivity index (χ1v) is 14.8. The van der Waals surface area contributed by atoms with E-state index in [1.807, 2.05) is 36.4 Å². The van der Waals surface area contributed by atoms with Crippen LogP contribution in [0.3, 0.4) is 0 Å². The molecule has 6 aromatic rings. The zero-order chi connectivity index (χ0) is 29.4. The lowest BCUT2D eigenvalue weighted by Crippen LogP contribution is -2.20. The molecule has 0 aliphatic rings. The molecule has 12 heteroatoms. The van der Waals surface area contributed by atoms with E-state index in [1.54, 1.807) is 30.3 Å². The summed E-state index contributed by atoms with van der Waals surface area (Å²) in [6, 6.07) is 24.1. The summed E-state index contributed by atoms with van der Waals surface area (Å²) in [5.74, 6) is 0.851. The van der Waals surface area contributed by atoms with Crippen LogP contribution in [0.25, 0.3) is 33.5 Å². The standard InChI is InChI=1S/C30H17Br3N4O5/c31-20-7-9-27-18(11-20)13-28(42-27)29-35-25-4-2-1-3-23(25)30(38)36(29)34-15-19-12-22(37(39)40)8-10-26(19)41-16-17-5-6-21(32)14-24(17)33/h1-15H,16H2. The second kappa shape index (κ2) is 11.6. The molecule has 0 atom stereocenters. The van der Waals surface area contributed by atoms with Gasteiger partial charge < -0.3 is 9.15 Å². The van der Waals surface area contributed by atoms with Crippen molar-refractivity contribution < 1.29 is 14.1 Å². The second-order valence-corrected chi connectivity index (χ2v) is 11.8. The van der Waals surface area contributed by atoms with E-state index in [9.17, 15) is 14.9 Å². The lowest BCUT2D eigenvalue weighted by atomic mass is 10.2. The van der Waals surface area contributed by atoms with Crippen molar-refractivity contribution in [1.29, 1.82) is 0 Å². The van der Waals surface area contributed by atoms with Crippen LogP contribution >= 0.6 is 47.8 Å². The van der Waals surface area contributed by atoms with Crippen LogP contribution in [0.5, 0.6) is 5.75 Å². The molecule has 0 aliphatic heterocycles. The first-order valence-electron chi connectivity index (χ1n) is 12.4. The fraction of sp³-hybridized carbons (Fsp3) is 0.0333. The van der Waals surface area contributed by atoms with Gasteiger partial charge in [0.25, 0.3) is 11.2 Å². The lowest BCUT2D eigenvalue weighted by molar-refractivity contribution is -0.384. The summed E-state index contributed by atoms with van der Waals surface area (Å²) >= 11 is 10.4. The highest BCUT2D eigenvalue weighted by Crippen LogP contribution is 2.30. The smallest absolute Gasteiger partial charge is 0.282 e. The molecule has 0 fully saturated rings. The Labute approximate surface area is 263 Å². The van der Waals surface area contributed by atoms with Crippen LogP contribution in [-0.2, 0) is 6.61 Å². The number of hydrogen-bond donors (Lipinski definition) is 0. The van der Waals surface area contributed by atoms with E-state index in [0.717, 1.165) is 29.0 Å². The second-order valence-electron chi connectivity index (χ2n) is 9.11.